The van der Waals surface area contributed by atoms with Gasteiger partial charge < -0.3 is 14.6 Å². The molecule has 1 saturated heterocycles. The molecular formula is C12H15N3O5. The largest absolute Gasteiger partial charge is 0.469 e. The smallest absolute Gasteiger partial charge is 0.326 e. The molecule has 1 aliphatic heterocycles. The standard InChI is InChI=1S/C12H15N3O5/c1-20-11(18)7-3-2-4-15(6-7)10(17)8-5-9(16)14-12(19)13-8/h5,7H,2-4,6H2,1H3,(H2,13,14,16,19). The van der Waals surface area contributed by atoms with Crippen molar-refractivity contribution in [3.8, 4) is 0 Å². The Labute approximate surface area is 113 Å². The van der Waals surface area contributed by atoms with E-state index in [1.807, 2.05) is 4.98 Å². The highest BCUT2D eigenvalue weighted by molar-refractivity contribution is 5.92. The molecular weight excluding hydrogens is 266 g/mol. The number of aromatic amines is 2. The zero-order valence-electron chi connectivity index (χ0n) is 11.0. The van der Waals surface area contributed by atoms with Crippen molar-refractivity contribution >= 4 is 11.9 Å². The molecule has 108 valence electrons. The van der Waals surface area contributed by atoms with Crippen molar-refractivity contribution in [2.45, 2.75) is 12.8 Å². The summed E-state index contributed by atoms with van der Waals surface area (Å²) >= 11 is 0. The predicted octanol–water partition coefficient (Wildman–Crippen LogP) is -0.912. The fourth-order valence-corrected chi connectivity index (χ4v) is 2.27. The second-order valence-electron chi connectivity index (χ2n) is 4.61. The number of rotatable bonds is 2. The number of carbonyl (C=O) groups is 2. The van der Waals surface area contributed by atoms with E-state index < -0.39 is 17.2 Å². The molecule has 0 saturated carbocycles. The van der Waals surface area contributed by atoms with Crippen LogP contribution in [0.25, 0.3) is 0 Å². The molecule has 1 aliphatic rings. The molecule has 2 rings (SSSR count). The Morgan fingerprint density at radius 1 is 1.35 bits per heavy atom. The summed E-state index contributed by atoms with van der Waals surface area (Å²) in [4.78, 5) is 51.8. The first-order valence-electron chi connectivity index (χ1n) is 6.22. The summed E-state index contributed by atoms with van der Waals surface area (Å²) in [5.41, 5.74) is -1.45. The molecule has 0 radical (unpaired) electrons. The van der Waals surface area contributed by atoms with E-state index in [1.54, 1.807) is 0 Å². The minimum atomic E-state index is -0.734. The number of carbonyl (C=O) groups excluding carboxylic acids is 2. The summed E-state index contributed by atoms with van der Waals surface area (Å²) < 4.78 is 4.67. The van der Waals surface area contributed by atoms with E-state index in [4.69, 9.17) is 0 Å². The summed E-state index contributed by atoms with van der Waals surface area (Å²) in [6.07, 6.45) is 1.32. The highest BCUT2D eigenvalue weighted by Gasteiger charge is 2.29. The van der Waals surface area contributed by atoms with Gasteiger partial charge in [-0.1, -0.05) is 0 Å². The maximum absolute atomic E-state index is 12.2. The Balaban J connectivity index is 2.18. The van der Waals surface area contributed by atoms with Crippen LogP contribution in [0, 0.1) is 5.92 Å². The normalized spacial score (nSPS) is 18.6. The zero-order valence-corrected chi connectivity index (χ0v) is 11.0. The fraction of sp³-hybridized carbons (Fsp3) is 0.500. The summed E-state index contributed by atoms with van der Waals surface area (Å²) in [5, 5.41) is 0. The van der Waals surface area contributed by atoms with E-state index in [-0.39, 0.29) is 24.1 Å². The van der Waals surface area contributed by atoms with E-state index in [0.29, 0.717) is 19.4 Å². The third-order valence-corrected chi connectivity index (χ3v) is 3.23. The molecule has 0 aliphatic carbocycles. The van der Waals surface area contributed by atoms with Crippen LogP contribution in [0.1, 0.15) is 23.3 Å². The van der Waals surface area contributed by atoms with E-state index in [2.05, 4.69) is 9.72 Å². The van der Waals surface area contributed by atoms with Crippen LogP contribution in [0.2, 0.25) is 0 Å². The minimum Gasteiger partial charge on any atom is -0.469 e. The number of likely N-dealkylation sites (tertiary alicyclic amines) is 1. The average Bonchev–Trinajstić information content (AvgIpc) is 2.44. The van der Waals surface area contributed by atoms with Gasteiger partial charge in [-0.05, 0) is 12.8 Å². The van der Waals surface area contributed by atoms with Gasteiger partial charge in [-0.3, -0.25) is 19.4 Å². The molecule has 20 heavy (non-hydrogen) atoms. The van der Waals surface area contributed by atoms with Gasteiger partial charge in [0.1, 0.15) is 5.69 Å². The summed E-state index contributed by atoms with van der Waals surface area (Å²) in [5.74, 6) is -1.20. The van der Waals surface area contributed by atoms with Gasteiger partial charge in [-0.2, -0.15) is 0 Å². The van der Waals surface area contributed by atoms with E-state index in [9.17, 15) is 19.2 Å². The van der Waals surface area contributed by atoms with Gasteiger partial charge in [-0.15, -0.1) is 0 Å². The second kappa shape index (κ2) is 5.72. The summed E-state index contributed by atoms with van der Waals surface area (Å²) in [6.45, 7) is 0.696. The lowest BCUT2D eigenvalue weighted by atomic mass is 9.98. The van der Waals surface area contributed by atoms with Gasteiger partial charge in [0.25, 0.3) is 11.5 Å². The number of amides is 1. The fourth-order valence-electron chi connectivity index (χ4n) is 2.27. The molecule has 1 aromatic heterocycles. The molecule has 1 fully saturated rings. The monoisotopic (exact) mass is 281 g/mol. The van der Waals surface area contributed by atoms with E-state index in [1.165, 1.54) is 12.0 Å². The maximum Gasteiger partial charge on any atom is 0.326 e. The van der Waals surface area contributed by atoms with Crippen LogP contribution < -0.4 is 11.2 Å². The number of nitrogens with zero attached hydrogens (tertiary/aromatic N) is 1. The SMILES string of the molecule is COC(=O)C1CCCN(C(=O)c2cc(=O)[nH]c(=O)[nH]2)C1. The summed E-state index contributed by atoms with van der Waals surface area (Å²) in [6, 6.07) is 1.03. The van der Waals surface area contributed by atoms with Crippen LogP contribution in [0.4, 0.5) is 0 Å². The van der Waals surface area contributed by atoms with E-state index >= 15 is 0 Å². The molecule has 1 unspecified atom stereocenters. The number of esters is 1. The number of hydrogen-bond donors (Lipinski definition) is 2. The number of aromatic nitrogens is 2. The molecule has 8 nitrogen and oxygen atoms in total. The van der Waals surface area contributed by atoms with Crippen LogP contribution in [-0.2, 0) is 9.53 Å². The van der Waals surface area contributed by atoms with Gasteiger partial charge in [-0.25, -0.2) is 4.79 Å². The Morgan fingerprint density at radius 2 is 2.10 bits per heavy atom. The van der Waals surface area contributed by atoms with Crippen LogP contribution in [0.3, 0.4) is 0 Å². The molecule has 1 amide bonds. The molecule has 0 spiro atoms. The zero-order chi connectivity index (χ0) is 14.7. The first-order chi connectivity index (χ1) is 9.51. The van der Waals surface area contributed by atoms with Crippen molar-refractivity contribution in [3.63, 3.8) is 0 Å². The van der Waals surface area contributed by atoms with Crippen LogP contribution >= 0.6 is 0 Å². The van der Waals surface area contributed by atoms with Gasteiger partial charge >= 0.3 is 11.7 Å². The lowest BCUT2D eigenvalue weighted by molar-refractivity contribution is -0.146. The van der Waals surface area contributed by atoms with Crippen molar-refractivity contribution < 1.29 is 14.3 Å². The predicted molar refractivity (Wildman–Crippen MR) is 68.3 cm³/mol. The first-order valence-corrected chi connectivity index (χ1v) is 6.22. The maximum atomic E-state index is 12.2. The molecule has 2 heterocycles. The number of ether oxygens (including phenoxy) is 1. The third-order valence-electron chi connectivity index (χ3n) is 3.23. The van der Waals surface area contributed by atoms with Crippen molar-refractivity contribution in [1.82, 2.24) is 14.9 Å². The first kappa shape index (κ1) is 14.0. The van der Waals surface area contributed by atoms with Gasteiger partial charge in [0, 0.05) is 19.2 Å². The number of nitrogens with one attached hydrogen (secondary N) is 2. The Bertz CT molecular complexity index is 604. The van der Waals surface area contributed by atoms with Crippen molar-refractivity contribution in [3.05, 3.63) is 32.6 Å². The summed E-state index contributed by atoms with van der Waals surface area (Å²) in [7, 11) is 1.30. The molecule has 0 aromatic carbocycles. The van der Waals surface area contributed by atoms with Crippen LogP contribution in [0.15, 0.2) is 15.7 Å². The van der Waals surface area contributed by atoms with Crippen molar-refractivity contribution in [2.24, 2.45) is 5.92 Å². The average molecular weight is 281 g/mol. The highest BCUT2D eigenvalue weighted by Crippen LogP contribution is 2.18. The molecule has 8 heteroatoms. The number of piperidine rings is 1. The lowest BCUT2D eigenvalue weighted by Gasteiger charge is -2.31. The molecule has 0 bridgehead atoms. The van der Waals surface area contributed by atoms with E-state index in [0.717, 1.165) is 6.07 Å². The molecule has 1 aromatic rings. The minimum absolute atomic E-state index is 0.0794. The molecule has 2 N–H and O–H groups in total. The lowest BCUT2D eigenvalue weighted by Crippen LogP contribution is -2.43. The Kier molecular flexibility index (Phi) is 4.02. The van der Waals surface area contributed by atoms with Gasteiger partial charge in [0.2, 0.25) is 0 Å². The second-order valence-corrected chi connectivity index (χ2v) is 4.61. The van der Waals surface area contributed by atoms with Crippen LogP contribution in [-0.4, -0.2) is 46.9 Å². The van der Waals surface area contributed by atoms with Crippen molar-refractivity contribution in [2.75, 3.05) is 20.2 Å². The third kappa shape index (κ3) is 2.95. The molecule has 1 atom stereocenters. The Morgan fingerprint density at radius 3 is 2.75 bits per heavy atom. The van der Waals surface area contributed by atoms with Gasteiger partial charge in [0.05, 0.1) is 13.0 Å². The number of H-pyrrole nitrogens is 2. The quantitative estimate of drug-likeness (QED) is 0.681. The van der Waals surface area contributed by atoms with Crippen LogP contribution in [0.5, 0.6) is 0 Å². The topological polar surface area (TPSA) is 112 Å². The highest BCUT2D eigenvalue weighted by atomic mass is 16.5. The number of hydrogen-bond acceptors (Lipinski definition) is 5. The van der Waals surface area contributed by atoms with Crippen molar-refractivity contribution in [1.29, 1.82) is 0 Å². The number of methoxy groups -OCH3 is 1. The van der Waals surface area contributed by atoms with Gasteiger partial charge in [0.15, 0.2) is 0 Å². The Hall–Kier alpha value is -2.38.